The highest BCUT2D eigenvalue weighted by Gasteiger charge is 2.44. The number of nitrogens with zero attached hydrogens (tertiary/aromatic N) is 2. The van der Waals surface area contributed by atoms with Crippen LogP contribution in [-0.4, -0.2) is 46.7 Å². The zero-order valence-corrected chi connectivity index (χ0v) is 16.7. The number of esters is 1. The topological polar surface area (TPSA) is 75.3 Å². The summed E-state index contributed by atoms with van der Waals surface area (Å²) in [7, 11) is 0. The fraction of sp³-hybridized carbons (Fsp3) is 0.500. The lowest BCUT2D eigenvalue weighted by atomic mass is 9.75. The van der Waals surface area contributed by atoms with E-state index in [1.807, 2.05) is 32.0 Å². The van der Waals surface area contributed by atoms with E-state index in [0.29, 0.717) is 31.8 Å². The lowest BCUT2D eigenvalue weighted by Crippen LogP contribution is -2.50. The van der Waals surface area contributed by atoms with Gasteiger partial charge in [-0.3, -0.25) is 14.7 Å². The first-order valence-electron chi connectivity index (χ1n) is 10.1. The van der Waals surface area contributed by atoms with Crippen molar-refractivity contribution >= 4 is 11.9 Å². The Kier molecular flexibility index (Phi) is 6.49. The summed E-state index contributed by atoms with van der Waals surface area (Å²) in [6, 6.07) is 12.0. The average Bonchev–Trinajstić information content (AvgIpc) is 3.15. The number of carbonyl (C=O) groups is 2. The van der Waals surface area contributed by atoms with Crippen LogP contribution in [0.4, 0.5) is 0 Å². The first-order valence-corrected chi connectivity index (χ1v) is 10.1. The standard InChI is InChI=1S/C22H29N3O3/c1-3-28-21(27)22(12-7-11-18-9-5-4-6-10-18)13-8-14-25(16-22)20(26)19-15-17(2)23-24-19/h4-6,9-10,15H,3,7-8,11-14,16H2,1-2H3,(H,23,24)/t22-/m1/s1. The van der Waals surface area contributed by atoms with Crippen molar-refractivity contribution in [3.63, 3.8) is 0 Å². The molecule has 1 fully saturated rings. The molecule has 1 amide bonds. The Bertz CT molecular complexity index is 802. The van der Waals surface area contributed by atoms with E-state index >= 15 is 0 Å². The van der Waals surface area contributed by atoms with Crippen LogP contribution in [0.25, 0.3) is 0 Å². The molecular weight excluding hydrogens is 354 g/mol. The SMILES string of the molecule is CCOC(=O)[C@]1(CCCc2ccccc2)CCCN(C(=O)c2cc(C)[nH]n2)C1. The number of hydrogen-bond donors (Lipinski definition) is 1. The van der Waals surface area contributed by atoms with E-state index in [2.05, 4.69) is 22.3 Å². The van der Waals surface area contributed by atoms with Crippen molar-refractivity contribution < 1.29 is 14.3 Å². The number of nitrogens with one attached hydrogen (secondary N) is 1. The summed E-state index contributed by atoms with van der Waals surface area (Å²) in [5, 5.41) is 6.91. The molecule has 6 heteroatoms. The number of amides is 1. The van der Waals surface area contributed by atoms with Crippen LogP contribution in [0.15, 0.2) is 36.4 Å². The first-order chi connectivity index (χ1) is 13.5. The van der Waals surface area contributed by atoms with Gasteiger partial charge in [-0.05, 0) is 57.6 Å². The highest BCUT2D eigenvalue weighted by Crippen LogP contribution is 2.37. The van der Waals surface area contributed by atoms with Crippen molar-refractivity contribution in [1.82, 2.24) is 15.1 Å². The third-order valence-corrected chi connectivity index (χ3v) is 5.46. The van der Waals surface area contributed by atoms with Crippen molar-refractivity contribution in [3.05, 3.63) is 53.3 Å². The van der Waals surface area contributed by atoms with Gasteiger partial charge < -0.3 is 9.64 Å². The Morgan fingerprint density at radius 2 is 2.07 bits per heavy atom. The summed E-state index contributed by atoms with van der Waals surface area (Å²) in [5.41, 5.74) is 1.88. The van der Waals surface area contributed by atoms with Gasteiger partial charge in [-0.1, -0.05) is 30.3 Å². The Labute approximate surface area is 166 Å². The summed E-state index contributed by atoms with van der Waals surface area (Å²) >= 11 is 0. The minimum atomic E-state index is -0.635. The molecule has 1 aromatic heterocycles. The molecule has 2 aromatic rings. The summed E-state index contributed by atoms with van der Waals surface area (Å²) in [6.07, 6.45) is 4.05. The van der Waals surface area contributed by atoms with E-state index in [0.717, 1.165) is 31.4 Å². The number of hydrogen-bond acceptors (Lipinski definition) is 4. The third kappa shape index (κ3) is 4.61. The van der Waals surface area contributed by atoms with Crippen LogP contribution < -0.4 is 0 Å². The van der Waals surface area contributed by atoms with E-state index in [1.165, 1.54) is 5.56 Å². The zero-order valence-electron chi connectivity index (χ0n) is 16.7. The molecule has 0 unspecified atom stereocenters. The Morgan fingerprint density at radius 3 is 2.75 bits per heavy atom. The molecule has 0 radical (unpaired) electrons. The summed E-state index contributed by atoms with van der Waals surface area (Å²) < 4.78 is 5.43. The summed E-state index contributed by atoms with van der Waals surface area (Å²) in [4.78, 5) is 27.5. The molecule has 28 heavy (non-hydrogen) atoms. The second kappa shape index (κ2) is 9.04. The van der Waals surface area contributed by atoms with Crippen LogP contribution in [0.3, 0.4) is 0 Å². The van der Waals surface area contributed by atoms with Gasteiger partial charge in [0.2, 0.25) is 0 Å². The van der Waals surface area contributed by atoms with E-state index < -0.39 is 5.41 Å². The third-order valence-electron chi connectivity index (χ3n) is 5.46. The van der Waals surface area contributed by atoms with E-state index in [1.54, 1.807) is 11.0 Å². The van der Waals surface area contributed by atoms with Gasteiger partial charge in [0.15, 0.2) is 0 Å². The van der Waals surface area contributed by atoms with Crippen molar-refractivity contribution in [3.8, 4) is 0 Å². The van der Waals surface area contributed by atoms with Gasteiger partial charge in [0, 0.05) is 18.8 Å². The second-order valence-electron chi connectivity index (χ2n) is 7.61. The smallest absolute Gasteiger partial charge is 0.313 e. The van der Waals surface area contributed by atoms with Gasteiger partial charge >= 0.3 is 5.97 Å². The van der Waals surface area contributed by atoms with Crippen LogP contribution >= 0.6 is 0 Å². The highest BCUT2D eigenvalue weighted by molar-refractivity contribution is 5.93. The summed E-state index contributed by atoms with van der Waals surface area (Å²) in [5.74, 6) is -0.306. The number of carbonyl (C=O) groups excluding carboxylic acids is 2. The van der Waals surface area contributed by atoms with Crippen molar-refractivity contribution in [1.29, 1.82) is 0 Å². The molecule has 1 aromatic carbocycles. The number of likely N-dealkylation sites (tertiary alicyclic amines) is 1. The maximum atomic E-state index is 12.9. The molecule has 0 aliphatic carbocycles. The molecule has 0 spiro atoms. The Morgan fingerprint density at radius 1 is 1.29 bits per heavy atom. The molecule has 0 saturated carbocycles. The molecule has 6 nitrogen and oxygen atoms in total. The molecule has 1 atom stereocenters. The average molecular weight is 383 g/mol. The van der Waals surface area contributed by atoms with Crippen LogP contribution in [0, 0.1) is 12.3 Å². The number of aromatic amines is 1. The second-order valence-corrected chi connectivity index (χ2v) is 7.61. The molecule has 2 heterocycles. The maximum absolute atomic E-state index is 12.9. The van der Waals surface area contributed by atoms with E-state index in [-0.39, 0.29) is 11.9 Å². The molecule has 0 bridgehead atoms. The molecule has 1 N–H and O–H groups in total. The predicted molar refractivity (Wildman–Crippen MR) is 107 cm³/mol. The normalized spacial score (nSPS) is 19.4. The van der Waals surface area contributed by atoms with Crippen LogP contribution in [0.2, 0.25) is 0 Å². The first kappa shape index (κ1) is 20.1. The molecule has 3 rings (SSSR count). The number of ether oxygens (including phenoxy) is 1. The fourth-order valence-corrected chi connectivity index (χ4v) is 4.03. The maximum Gasteiger partial charge on any atom is 0.313 e. The minimum absolute atomic E-state index is 0.124. The Balaban J connectivity index is 1.72. The minimum Gasteiger partial charge on any atom is -0.466 e. The van der Waals surface area contributed by atoms with Gasteiger partial charge in [-0.15, -0.1) is 0 Å². The monoisotopic (exact) mass is 383 g/mol. The van der Waals surface area contributed by atoms with Gasteiger partial charge in [0.05, 0.1) is 12.0 Å². The summed E-state index contributed by atoms with van der Waals surface area (Å²) in [6.45, 7) is 5.09. The van der Waals surface area contributed by atoms with E-state index in [9.17, 15) is 9.59 Å². The predicted octanol–water partition coefficient (Wildman–Crippen LogP) is 3.53. The zero-order chi connectivity index (χ0) is 20.0. The number of H-pyrrole nitrogens is 1. The molecule has 1 aliphatic rings. The number of aromatic nitrogens is 2. The lowest BCUT2D eigenvalue weighted by molar-refractivity contribution is -0.159. The number of piperidine rings is 1. The van der Waals surface area contributed by atoms with Crippen molar-refractivity contribution in [2.24, 2.45) is 5.41 Å². The molecular formula is C22H29N3O3. The van der Waals surface area contributed by atoms with Crippen molar-refractivity contribution in [2.45, 2.75) is 46.0 Å². The quantitative estimate of drug-likeness (QED) is 0.742. The highest BCUT2D eigenvalue weighted by atomic mass is 16.5. The number of benzene rings is 1. The fourth-order valence-electron chi connectivity index (χ4n) is 4.03. The Hall–Kier alpha value is -2.63. The van der Waals surface area contributed by atoms with Gasteiger partial charge in [0.1, 0.15) is 5.69 Å². The van der Waals surface area contributed by atoms with Gasteiger partial charge in [-0.2, -0.15) is 5.10 Å². The van der Waals surface area contributed by atoms with Crippen LogP contribution in [0.5, 0.6) is 0 Å². The molecule has 1 aliphatic heterocycles. The number of rotatable bonds is 7. The molecule has 1 saturated heterocycles. The van der Waals surface area contributed by atoms with Crippen LogP contribution in [0.1, 0.15) is 54.4 Å². The van der Waals surface area contributed by atoms with Crippen LogP contribution in [-0.2, 0) is 16.0 Å². The van der Waals surface area contributed by atoms with Gasteiger partial charge in [0.25, 0.3) is 5.91 Å². The largest absolute Gasteiger partial charge is 0.466 e. The van der Waals surface area contributed by atoms with Gasteiger partial charge in [-0.25, -0.2) is 0 Å². The molecule has 150 valence electrons. The number of aryl methyl sites for hydroxylation is 2. The van der Waals surface area contributed by atoms with E-state index in [4.69, 9.17) is 4.74 Å². The van der Waals surface area contributed by atoms with Crippen molar-refractivity contribution in [2.75, 3.05) is 19.7 Å². The lowest BCUT2D eigenvalue weighted by Gasteiger charge is -2.40.